The Morgan fingerprint density at radius 1 is 0.708 bits per heavy atom. The summed E-state index contributed by atoms with van der Waals surface area (Å²) in [5.74, 6) is 0.992. The first-order chi connectivity index (χ1) is 11.4. The number of carbonyl (C=O) groups excluding carboxylic acids is 2. The van der Waals surface area contributed by atoms with Crippen LogP contribution in [0.2, 0.25) is 0 Å². The van der Waals surface area contributed by atoms with Gasteiger partial charge in [-0.1, -0.05) is 27.7 Å². The van der Waals surface area contributed by atoms with Crippen LogP contribution in [-0.4, -0.2) is 51.3 Å². The summed E-state index contributed by atoms with van der Waals surface area (Å²) in [4.78, 5) is 22.8. The van der Waals surface area contributed by atoms with Crippen LogP contribution >= 0.6 is 0 Å². The number of nitrogens with one attached hydrogen (secondary N) is 2. The third-order valence-electron chi connectivity index (χ3n) is 3.13. The highest BCUT2D eigenvalue weighted by atomic mass is 16.5. The van der Waals surface area contributed by atoms with E-state index in [2.05, 4.69) is 10.6 Å². The molecular weight excluding hydrogens is 308 g/mol. The van der Waals surface area contributed by atoms with E-state index in [9.17, 15) is 9.59 Å². The molecule has 6 nitrogen and oxygen atoms in total. The lowest BCUT2D eigenvalue weighted by atomic mass is 10.1. The molecular formula is C18H36N2O4. The molecule has 2 N–H and O–H groups in total. The van der Waals surface area contributed by atoms with Crippen LogP contribution < -0.4 is 10.6 Å². The van der Waals surface area contributed by atoms with Crippen LogP contribution in [0.5, 0.6) is 0 Å². The number of rotatable bonds is 15. The SMILES string of the molecule is CC(C)CC(=O)NCCCOCCOCCCNC(=O)CC(C)C. The predicted molar refractivity (Wildman–Crippen MR) is 95.8 cm³/mol. The van der Waals surface area contributed by atoms with Gasteiger partial charge >= 0.3 is 0 Å². The van der Waals surface area contributed by atoms with Gasteiger partial charge in [0, 0.05) is 39.1 Å². The molecule has 0 aromatic heterocycles. The first-order valence-corrected chi connectivity index (χ1v) is 9.10. The van der Waals surface area contributed by atoms with Crippen molar-refractivity contribution in [1.29, 1.82) is 0 Å². The third kappa shape index (κ3) is 17.2. The summed E-state index contributed by atoms with van der Waals surface area (Å²) in [5.41, 5.74) is 0. The normalized spacial score (nSPS) is 11.1. The average molecular weight is 344 g/mol. The third-order valence-corrected chi connectivity index (χ3v) is 3.13. The Balaban J connectivity index is 3.20. The van der Waals surface area contributed by atoms with Gasteiger partial charge in [-0.25, -0.2) is 0 Å². The fourth-order valence-corrected chi connectivity index (χ4v) is 2.01. The van der Waals surface area contributed by atoms with Gasteiger partial charge in [0.25, 0.3) is 0 Å². The Morgan fingerprint density at radius 3 is 1.42 bits per heavy atom. The lowest BCUT2D eigenvalue weighted by Crippen LogP contribution is -2.26. The molecule has 0 aliphatic carbocycles. The fraction of sp³-hybridized carbons (Fsp3) is 0.889. The quantitative estimate of drug-likeness (QED) is 0.446. The molecule has 0 spiro atoms. The summed E-state index contributed by atoms with van der Waals surface area (Å²) in [5, 5.41) is 5.75. The van der Waals surface area contributed by atoms with Gasteiger partial charge in [0.05, 0.1) is 13.2 Å². The maximum absolute atomic E-state index is 11.4. The molecule has 0 radical (unpaired) electrons. The minimum Gasteiger partial charge on any atom is -0.379 e. The van der Waals surface area contributed by atoms with Crippen LogP contribution in [0.3, 0.4) is 0 Å². The first-order valence-electron chi connectivity index (χ1n) is 9.10. The molecule has 2 amide bonds. The zero-order valence-electron chi connectivity index (χ0n) is 15.9. The van der Waals surface area contributed by atoms with Crippen molar-refractivity contribution in [2.24, 2.45) is 11.8 Å². The van der Waals surface area contributed by atoms with Crippen molar-refractivity contribution in [2.75, 3.05) is 39.5 Å². The molecule has 0 aliphatic rings. The van der Waals surface area contributed by atoms with Gasteiger partial charge in [0.2, 0.25) is 11.8 Å². The number of ether oxygens (including phenoxy) is 2. The van der Waals surface area contributed by atoms with Gasteiger partial charge in [-0.15, -0.1) is 0 Å². The molecule has 0 saturated carbocycles. The van der Waals surface area contributed by atoms with Gasteiger partial charge < -0.3 is 20.1 Å². The highest BCUT2D eigenvalue weighted by Gasteiger charge is 2.04. The van der Waals surface area contributed by atoms with Crippen molar-refractivity contribution in [2.45, 2.75) is 53.4 Å². The van der Waals surface area contributed by atoms with E-state index >= 15 is 0 Å². The lowest BCUT2D eigenvalue weighted by Gasteiger charge is -2.09. The molecule has 0 fully saturated rings. The van der Waals surface area contributed by atoms with E-state index in [0.29, 0.717) is 64.2 Å². The topological polar surface area (TPSA) is 76.7 Å². The number of carbonyl (C=O) groups is 2. The van der Waals surface area contributed by atoms with Crippen molar-refractivity contribution < 1.29 is 19.1 Å². The first kappa shape index (κ1) is 22.9. The Morgan fingerprint density at radius 2 is 1.08 bits per heavy atom. The number of hydrogen-bond donors (Lipinski definition) is 2. The zero-order chi connectivity index (χ0) is 18.2. The summed E-state index contributed by atoms with van der Waals surface area (Å²) in [6.07, 6.45) is 2.77. The molecule has 0 unspecified atom stereocenters. The second kappa shape index (κ2) is 15.4. The van der Waals surface area contributed by atoms with Gasteiger partial charge in [-0.3, -0.25) is 9.59 Å². The molecule has 24 heavy (non-hydrogen) atoms. The highest BCUT2D eigenvalue weighted by molar-refractivity contribution is 5.76. The van der Waals surface area contributed by atoms with E-state index in [1.54, 1.807) is 0 Å². The van der Waals surface area contributed by atoms with Gasteiger partial charge in [0.15, 0.2) is 0 Å². The molecule has 0 aromatic rings. The van der Waals surface area contributed by atoms with Gasteiger partial charge in [-0.05, 0) is 24.7 Å². The predicted octanol–water partition coefficient (Wildman–Crippen LogP) is 2.12. The van der Waals surface area contributed by atoms with E-state index < -0.39 is 0 Å². The smallest absolute Gasteiger partial charge is 0.220 e. The largest absolute Gasteiger partial charge is 0.379 e. The summed E-state index contributed by atoms with van der Waals surface area (Å²) >= 11 is 0. The lowest BCUT2D eigenvalue weighted by molar-refractivity contribution is -0.122. The Hall–Kier alpha value is -1.14. The molecule has 0 aliphatic heterocycles. The Kier molecular flexibility index (Phi) is 14.7. The van der Waals surface area contributed by atoms with Crippen LogP contribution in [0.1, 0.15) is 53.4 Å². The number of amides is 2. The number of hydrogen-bond acceptors (Lipinski definition) is 4. The molecule has 0 rings (SSSR count). The summed E-state index contributed by atoms with van der Waals surface area (Å²) in [6.45, 7) is 11.8. The van der Waals surface area contributed by atoms with Crippen LogP contribution in [0.15, 0.2) is 0 Å². The maximum Gasteiger partial charge on any atom is 0.220 e. The minimum atomic E-state index is 0.105. The van der Waals surface area contributed by atoms with Gasteiger partial charge in [-0.2, -0.15) is 0 Å². The standard InChI is InChI=1S/C18H36N2O4/c1-15(2)13-17(21)19-7-5-9-23-11-12-24-10-6-8-20-18(22)14-16(3)4/h15-16H,5-14H2,1-4H3,(H,19,21)(H,20,22). The van der Waals surface area contributed by atoms with Crippen LogP contribution in [-0.2, 0) is 19.1 Å². The molecule has 142 valence electrons. The molecule has 0 aromatic carbocycles. The van der Waals surface area contributed by atoms with E-state index in [1.807, 2.05) is 27.7 Å². The molecule has 0 heterocycles. The van der Waals surface area contributed by atoms with Gasteiger partial charge in [0.1, 0.15) is 0 Å². The van der Waals surface area contributed by atoms with Crippen molar-refractivity contribution in [3.8, 4) is 0 Å². The van der Waals surface area contributed by atoms with Crippen molar-refractivity contribution in [3.05, 3.63) is 0 Å². The van der Waals surface area contributed by atoms with Crippen LogP contribution in [0, 0.1) is 11.8 Å². The molecule has 6 heteroatoms. The minimum absolute atomic E-state index is 0.105. The summed E-state index contributed by atoms with van der Waals surface area (Å²) < 4.78 is 10.9. The Labute approximate surface area is 147 Å². The second-order valence-electron chi connectivity index (χ2n) is 6.83. The monoisotopic (exact) mass is 344 g/mol. The summed E-state index contributed by atoms with van der Waals surface area (Å²) in [6, 6.07) is 0. The zero-order valence-corrected chi connectivity index (χ0v) is 15.9. The van der Waals surface area contributed by atoms with Crippen molar-refractivity contribution >= 4 is 11.8 Å². The molecule has 0 saturated heterocycles. The average Bonchev–Trinajstić information content (AvgIpc) is 2.46. The highest BCUT2D eigenvalue weighted by Crippen LogP contribution is 1.98. The van der Waals surface area contributed by atoms with Crippen molar-refractivity contribution in [1.82, 2.24) is 10.6 Å². The van der Waals surface area contributed by atoms with E-state index in [1.165, 1.54) is 0 Å². The van der Waals surface area contributed by atoms with E-state index in [4.69, 9.17) is 9.47 Å². The van der Waals surface area contributed by atoms with E-state index in [-0.39, 0.29) is 11.8 Å². The molecule has 0 bridgehead atoms. The van der Waals surface area contributed by atoms with E-state index in [0.717, 1.165) is 12.8 Å². The molecule has 0 atom stereocenters. The van der Waals surface area contributed by atoms with Crippen molar-refractivity contribution in [3.63, 3.8) is 0 Å². The summed E-state index contributed by atoms with van der Waals surface area (Å²) in [7, 11) is 0. The second-order valence-corrected chi connectivity index (χ2v) is 6.83. The maximum atomic E-state index is 11.4. The fourth-order valence-electron chi connectivity index (χ4n) is 2.01. The Bertz CT molecular complexity index is 301. The van der Waals surface area contributed by atoms with Crippen LogP contribution in [0.4, 0.5) is 0 Å². The van der Waals surface area contributed by atoms with Crippen LogP contribution in [0.25, 0.3) is 0 Å².